The zero-order chi connectivity index (χ0) is 18.2. The van der Waals surface area contributed by atoms with E-state index < -0.39 is 28.9 Å². The molecule has 1 aromatic carbocycles. The lowest BCUT2D eigenvalue weighted by Crippen LogP contribution is -2.50. The first kappa shape index (κ1) is 18.3. The van der Waals surface area contributed by atoms with Gasteiger partial charge in [-0.2, -0.15) is 13.2 Å². The minimum absolute atomic E-state index is 0.0494. The van der Waals surface area contributed by atoms with Crippen LogP contribution in [0.15, 0.2) is 18.2 Å². The van der Waals surface area contributed by atoms with E-state index in [2.05, 4.69) is 5.32 Å². The molecule has 0 aromatic heterocycles. The third-order valence-corrected chi connectivity index (χ3v) is 5.61. The number of piperidine rings is 1. The zero-order valence-corrected chi connectivity index (χ0v) is 14.3. The molecular weight excluding hydrogens is 357 g/mol. The van der Waals surface area contributed by atoms with Gasteiger partial charge < -0.3 is 15.3 Å². The van der Waals surface area contributed by atoms with Crippen LogP contribution in [-0.2, 0) is 6.18 Å². The second-order valence-corrected chi connectivity index (χ2v) is 7.33. The minimum atomic E-state index is -4.58. The van der Waals surface area contributed by atoms with Crippen molar-refractivity contribution < 1.29 is 23.1 Å². The Morgan fingerprint density at radius 2 is 2.04 bits per heavy atom. The third-order valence-electron chi connectivity index (χ3n) is 5.28. The first-order valence-corrected chi connectivity index (χ1v) is 8.70. The molecule has 2 fully saturated rings. The highest BCUT2D eigenvalue weighted by Gasteiger charge is 2.45. The van der Waals surface area contributed by atoms with Gasteiger partial charge >= 0.3 is 12.2 Å². The highest BCUT2D eigenvalue weighted by Crippen LogP contribution is 2.45. The molecule has 1 aliphatic heterocycles. The summed E-state index contributed by atoms with van der Waals surface area (Å²) in [7, 11) is 0. The van der Waals surface area contributed by atoms with Crippen molar-refractivity contribution in [1.82, 2.24) is 4.90 Å². The maximum absolute atomic E-state index is 12.9. The molecule has 1 aliphatic carbocycles. The highest BCUT2D eigenvalue weighted by molar-refractivity contribution is 6.31. The summed E-state index contributed by atoms with van der Waals surface area (Å²) in [5.41, 5.74) is -1.20. The monoisotopic (exact) mass is 376 g/mol. The molecule has 1 aromatic rings. The predicted octanol–water partition coefficient (Wildman–Crippen LogP) is 4.52. The zero-order valence-electron chi connectivity index (χ0n) is 13.6. The topological polar surface area (TPSA) is 52.6 Å². The number of urea groups is 1. The van der Waals surface area contributed by atoms with E-state index in [4.69, 9.17) is 11.6 Å². The predicted molar refractivity (Wildman–Crippen MR) is 88.6 cm³/mol. The van der Waals surface area contributed by atoms with Gasteiger partial charge in [0.25, 0.3) is 0 Å². The molecular formula is C17H20ClF3N2O2. The van der Waals surface area contributed by atoms with Gasteiger partial charge in [0.15, 0.2) is 0 Å². The molecule has 2 atom stereocenters. The van der Waals surface area contributed by atoms with Gasteiger partial charge in [0.1, 0.15) is 0 Å². The molecule has 2 amide bonds. The van der Waals surface area contributed by atoms with Crippen molar-refractivity contribution in [2.24, 2.45) is 5.41 Å². The summed E-state index contributed by atoms with van der Waals surface area (Å²) in [4.78, 5) is 14.1. The first-order chi connectivity index (χ1) is 11.7. The number of aliphatic hydroxyl groups excluding tert-OH is 1. The normalized spacial score (nSPS) is 26.9. The quantitative estimate of drug-likeness (QED) is 0.757. The molecule has 0 unspecified atom stereocenters. The van der Waals surface area contributed by atoms with Crippen LogP contribution in [0.3, 0.4) is 0 Å². The molecule has 0 bridgehead atoms. The number of carbonyl (C=O) groups is 1. The Hall–Kier alpha value is -1.47. The number of hydrogen-bond donors (Lipinski definition) is 2. The number of carbonyl (C=O) groups excluding carboxylic acids is 1. The van der Waals surface area contributed by atoms with Gasteiger partial charge in [0, 0.05) is 24.2 Å². The molecule has 3 rings (SSSR count). The van der Waals surface area contributed by atoms with Gasteiger partial charge in [-0.3, -0.25) is 0 Å². The fourth-order valence-electron chi connectivity index (χ4n) is 3.95. The van der Waals surface area contributed by atoms with Crippen molar-refractivity contribution in [1.29, 1.82) is 0 Å². The van der Waals surface area contributed by atoms with Crippen molar-refractivity contribution in [3.63, 3.8) is 0 Å². The van der Waals surface area contributed by atoms with Crippen LogP contribution in [0.1, 0.15) is 37.7 Å². The maximum Gasteiger partial charge on any atom is 0.417 e. The van der Waals surface area contributed by atoms with Crippen molar-refractivity contribution in [2.45, 2.75) is 44.4 Å². The number of amides is 2. The Bertz CT molecular complexity index is 668. The Labute approximate surface area is 148 Å². The van der Waals surface area contributed by atoms with E-state index in [1.165, 1.54) is 6.07 Å². The number of halogens is 4. The summed E-state index contributed by atoms with van der Waals surface area (Å²) < 4.78 is 38.8. The van der Waals surface area contributed by atoms with E-state index in [1.54, 1.807) is 4.90 Å². The molecule has 2 aliphatic rings. The molecule has 0 radical (unpaired) electrons. The number of benzene rings is 1. The number of likely N-dealkylation sites (tertiary alicyclic amines) is 1. The highest BCUT2D eigenvalue weighted by atomic mass is 35.5. The van der Waals surface area contributed by atoms with E-state index in [1.807, 2.05) is 0 Å². The molecule has 1 saturated heterocycles. The summed E-state index contributed by atoms with van der Waals surface area (Å²) in [6.45, 7) is 0.958. The average molecular weight is 377 g/mol. The van der Waals surface area contributed by atoms with E-state index in [9.17, 15) is 23.1 Å². The van der Waals surface area contributed by atoms with Crippen LogP contribution >= 0.6 is 11.6 Å². The number of alkyl halides is 3. The first-order valence-electron chi connectivity index (χ1n) is 8.32. The second kappa shape index (κ2) is 6.68. The summed E-state index contributed by atoms with van der Waals surface area (Å²) in [6, 6.07) is 2.86. The molecule has 4 nitrogen and oxygen atoms in total. The van der Waals surface area contributed by atoms with Gasteiger partial charge in [-0.25, -0.2) is 4.79 Å². The van der Waals surface area contributed by atoms with E-state index >= 15 is 0 Å². The van der Waals surface area contributed by atoms with Crippen LogP contribution in [-0.4, -0.2) is 35.2 Å². The Balaban J connectivity index is 1.72. The fourth-order valence-corrected chi connectivity index (χ4v) is 4.18. The fraction of sp³-hybridized carbons (Fsp3) is 0.588. The van der Waals surface area contributed by atoms with Crippen LogP contribution in [0.5, 0.6) is 0 Å². The van der Waals surface area contributed by atoms with E-state index in [0.717, 1.165) is 44.2 Å². The van der Waals surface area contributed by atoms with E-state index in [0.29, 0.717) is 13.1 Å². The molecule has 1 spiro atoms. The van der Waals surface area contributed by atoms with Crippen LogP contribution in [0, 0.1) is 5.41 Å². The number of nitrogens with one attached hydrogen (secondary N) is 1. The number of nitrogens with zero attached hydrogens (tertiary/aromatic N) is 1. The molecule has 1 saturated carbocycles. The van der Waals surface area contributed by atoms with E-state index in [-0.39, 0.29) is 11.1 Å². The Kier molecular flexibility index (Phi) is 4.90. The standard InChI is InChI=1S/C17H20ClF3N2O2/c18-13-5-4-11(9-12(13)17(19,20)21)22-15(25)23-8-2-7-16(10-23)6-1-3-14(16)24/h4-5,9,14,24H,1-3,6-8,10H2,(H,22,25)/t14-,16-/m1/s1. The SMILES string of the molecule is O=C(Nc1ccc(Cl)c(C(F)(F)F)c1)N1CCC[C@]2(CCC[C@H]2O)C1. The van der Waals surface area contributed by atoms with Gasteiger partial charge in [0.05, 0.1) is 16.7 Å². The lowest BCUT2D eigenvalue weighted by atomic mass is 9.77. The Morgan fingerprint density at radius 3 is 2.68 bits per heavy atom. The summed E-state index contributed by atoms with van der Waals surface area (Å²) in [5, 5.41) is 12.4. The van der Waals surface area contributed by atoms with Crippen molar-refractivity contribution >= 4 is 23.3 Å². The van der Waals surface area contributed by atoms with Crippen molar-refractivity contribution in [3.05, 3.63) is 28.8 Å². The van der Waals surface area contributed by atoms with Crippen LogP contribution in [0.25, 0.3) is 0 Å². The Morgan fingerprint density at radius 1 is 1.32 bits per heavy atom. The molecule has 2 N–H and O–H groups in total. The molecule has 8 heteroatoms. The maximum atomic E-state index is 12.9. The minimum Gasteiger partial charge on any atom is -0.392 e. The lowest BCUT2D eigenvalue weighted by Gasteiger charge is -2.42. The lowest BCUT2D eigenvalue weighted by molar-refractivity contribution is -0.137. The summed E-state index contributed by atoms with van der Waals surface area (Å²) in [6.07, 6.45) is -0.811. The molecule has 138 valence electrons. The van der Waals surface area contributed by atoms with Gasteiger partial charge in [0.2, 0.25) is 0 Å². The number of hydrogen-bond acceptors (Lipinski definition) is 2. The molecule has 1 heterocycles. The van der Waals surface area contributed by atoms with Crippen molar-refractivity contribution in [2.75, 3.05) is 18.4 Å². The number of rotatable bonds is 1. The van der Waals surface area contributed by atoms with Gasteiger partial charge in [-0.1, -0.05) is 18.0 Å². The summed E-state index contributed by atoms with van der Waals surface area (Å²) in [5.74, 6) is 0. The van der Waals surface area contributed by atoms with Gasteiger partial charge in [-0.05, 0) is 43.9 Å². The van der Waals surface area contributed by atoms with Gasteiger partial charge in [-0.15, -0.1) is 0 Å². The van der Waals surface area contributed by atoms with Crippen LogP contribution in [0.4, 0.5) is 23.7 Å². The smallest absolute Gasteiger partial charge is 0.392 e. The second-order valence-electron chi connectivity index (χ2n) is 6.92. The average Bonchev–Trinajstić information content (AvgIpc) is 2.88. The number of aliphatic hydroxyl groups is 1. The van der Waals surface area contributed by atoms with Crippen molar-refractivity contribution in [3.8, 4) is 0 Å². The van der Waals surface area contributed by atoms with Crippen LogP contribution < -0.4 is 5.32 Å². The summed E-state index contributed by atoms with van der Waals surface area (Å²) >= 11 is 5.59. The largest absolute Gasteiger partial charge is 0.417 e. The number of anilines is 1. The third kappa shape index (κ3) is 3.72. The van der Waals surface area contributed by atoms with Crippen LogP contribution in [0.2, 0.25) is 5.02 Å². The molecule has 25 heavy (non-hydrogen) atoms.